The van der Waals surface area contributed by atoms with Crippen molar-refractivity contribution in [1.29, 1.82) is 0 Å². The Bertz CT molecular complexity index is 1180. The second kappa shape index (κ2) is 11.0. The molecule has 0 saturated heterocycles. The maximum absolute atomic E-state index is 14.8. The molecular formula is C28H33FO4S2. The Balaban J connectivity index is 0.00000342. The summed E-state index contributed by atoms with van der Waals surface area (Å²) in [6.45, 7) is 6.72. The Labute approximate surface area is 217 Å². The molecule has 1 aliphatic carbocycles. The van der Waals surface area contributed by atoms with Crippen molar-refractivity contribution in [3.05, 3.63) is 69.7 Å². The van der Waals surface area contributed by atoms with Crippen LogP contribution in [-0.4, -0.2) is 18.2 Å². The lowest BCUT2D eigenvalue weighted by Crippen LogP contribution is -2.10. The summed E-state index contributed by atoms with van der Waals surface area (Å²) in [7, 11) is 1.58. The number of carboxylic acid groups (broad SMARTS) is 1. The van der Waals surface area contributed by atoms with E-state index in [1.54, 1.807) is 30.6 Å². The highest BCUT2D eigenvalue weighted by molar-refractivity contribution is 7.59. The van der Waals surface area contributed by atoms with E-state index in [-0.39, 0.29) is 37.1 Å². The molecule has 1 heterocycles. The molecule has 1 atom stereocenters. The lowest BCUT2D eigenvalue weighted by molar-refractivity contribution is -0.137. The van der Waals surface area contributed by atoms with Crippen molar-refractivity contribution in [3.8, 4) is 22.6 Å². The van der Waals surface area contributed by atoms with E-state index in [1.807, 2.05) is 30.3 Å². The van der Waals surface area contributed by atoms with Gasteiger partial charge in [-0.25, -0.2) is 4.39 Å². The number of methoxy groups -OCH3 is 1. The molecule has 7 heteroatoms. The summed E-state index contributed by atoms with van der Waals surface area (Å²) < 4.78 is 26.2. The zero-order valence-corrected chi connectivity index (χ0v) is 22.4. The first kappa shape index (κ1) is 27.1. The Morgan fingerprint density at radius 1 is 1.11 bits per heavy atom. The summed E-state index contributed by atoms with van der Waals surface area (Å²) >= 11 is 1.63. The van der Waals surface area contributed by atoms with E-state index in [4.69, 9.17) is 9.47 Å². The van der Waals surface area contributed by atoms with E-state index >= 15 is 0 Å². The predicted octanol–water partition coefficient (Wildman–Crippen LogP) is 7.52. The fourth-order valence-electron chi connectivity index (χ4n) is 4.34. The van der Waals surface area contributed by atoms with Gasteiger partial charge in [-0.3, -0.25) is 4.79 Å². The Morgan fingerprint density at radius 2 is 1.86 bits per heavy atom. The SMILES string of the molecule is COc1ccc(F)c(-c2cc(COc3cccc([C@@H](CC(=O)O)C4CC4)c3)sc2C(C)(C)C)c1.S. The molecule has 1 aromatic heterocycles. The monoisotopic (exact) mass is 516 g/mol. The van der Waals surface area contributed by atoms with Gasteiger partial charge in [-0.15, -0.1) is 11.3 Å². The van der Waals surface area contributed by atoms with Crippen molar-refractivity contribution >= 4 is 30.8 Å². The molecule has 1 N–H and O–H groups in total. The van der Waals surface area contributed by atoms with Gasteiger partial charge in [0, 0.05) is 15.3 Å². The van der Waals surface area contributed by atoms with E-state index in [9.17, 15) is 14.3 Å². The molecule has 3 aromatic rings. The number of hydrogen-bond acceptors (Lipinski definition) is 4. The van der Waals surface area contributed by atoms with Gasteiger partial charge in [-0.05, 0) is 77.6 Å². The summed E-state index contributed by atoms with van der Waals surface area (Å²) in [5, 5.41) is 9.32. The first-order chi connectivity index (χ1) is 16.2. The molecule has 4 rings (SSSR count). The van der Waals surface area contributed by atoms with Gasteiger partial charge < -0.3 is 14.6 Å². The molecule has 0 bridgehead atoms. The molecule has 1 saturated carbocycles. The highest BCUT2D eigenvalue weighted by Crippen LogP contribution is 2.45. The molecule has 4 nitrogen and oxygen atoms in total. The highest BCUT2D eigenvalue weighted by atomic mass is 32.1. The second-order valence-corrected chi connectivity index (χ2v) is 11.1. The maximum atomic E-state index is 14.8. The number of rotatable bonds is 9. The first-order valence-corrected chi connectivity index (χ1v) is 12.4. The van der Waals surface area contributed by atoms with Crippen LogP contribution in [0.3, 0.4) is 0 Å². The highest BCUT2D eigenvalue weighted by Gasteiger charge is 2.34. The van der Waals surface area contributed by atoms with Crippen molar-refractivity contribution in [2.75, 3.05) is 7.11 Å². The first-order valence-electron chi connectivity index (χ1n) is 11.6. The summed E-state index contributed by atoms with van der Waals surface area (Å²) in [4.78, 5) is 13.4. The number of carboxylic acids is 1. The molecule has 188 valence electrons. The third kappa shape index (κ3) is 6.58. The zero-order valence-electron chi connectivity index (χ0n) is 20.6. The van der Waals surface area contributed by atoms with Crippen LogP contribution in [0.2, 0.25) is 0 Å². The lowest BCUT2D eigenvalue weighted by atomic mass is 9.89. The van der Waals surface area contributed by atoms with E-state index < -0.39 is 5.97 Å². The van der Waals surface area contributed by atoms with Gasteiger partial charge in [0.2, 0.25) is 0 Å². The number of ether oxygens (including phenoxy) is 2. The lowest BCUT2D eigenvalue weighted by Gasteiger charge is -2.19. The van der Waals surface area contributed by atoms with Gasteiger partial charge in [0.25, 0.3) is 0 Å². The van der Waals surface area contributed by atoms with Gasteiger partial charge in [-0.1, -0.05) is 32.9 Å². The Morgan fingerprint density at radius 3 is 2.49 bits per heavy atom. The molecule has 1 aliphatic rings. The van der Waals surface area contributed by atoms with Crippen LogP contribution < -0.4 is 9.47 Å². The molecule has 0 aliphatic heterocycles. The van der Waals surface area contributed by atoms with Gasteiger partial charge >= 0.3 is 5.97 Å². The topological polar surface area (TPSA) is 55.8 Å². The normalized spacial score (nSPS) is 14.2. The molecule has 0 radical (unpaired) electrons. The van der Waals surface area contributed by atoms with Gasteiger partial charge in [0.1, 0.15) is 23.9 Å². The van der Waals surface area contributed by atoms with Gasteiger partial charge in [0.05, 0.1) is 13.5 Å². The van der Waals surface area contributed by atoms with Crippen LogP contribution in [-0.2, 0) is 16.8 Å². The average molecular weight is 517 g/mol. The van der Waals surface area contributed by atoms with Crippen molar-refractivity contribution < 1.29 is 23.8 Å². The van der Waals surface area contributed by atoms with Crippen LogP contribution in [0.1, 0.15) is 61.3 Å². The summed E-state index contributed by atoms with van der Waals surface area (Å²) in [6.07, 6.45) is 2.30. The molecule has 0 amide bonds. The minimum absolute atomic E-state index is 0. The molecule has 2 aromatic carbocycles. The molecule has 35 heavy (non-hydrogen) atoms. The zero-order chi connectivity index (χ0) is 24.5. The van der Waals surface area contributed by atoms with E-state index in [2.05, 4.69) is 20.8 Å². The minimum Gasteiger partial charge on any atom is -0.497 e. The summed E-state index contributed by atoms with van der Waals surface area (Å²) in [5.74, 6) is 0.746. The van der Waals surface area contributed by atoms with Crippen molar-refractivity contribution in [3.63, 3.8) is 0 Å². The number of halogens is 1. The van der Waals surface area contributed by atoms with Crippen LogP contribution in [0.15, 0.2) is 48.5 Å². The van der Waals surface area contributed by atoms with Crippen molar-refractivity contribution in [2.24, 2.45) is 5.92 Å². The molecule has 1 fully saturated rings. The van der Waals surface area contributed by atoms with Crippen molar-refractivity contribution in [2.45, 2.75) is 58.0 Å². The largest absolute Gasteiger partial charge is 0.497 e. The third-order valence-electron chi connectivity index (χ3n) is 6.18. The molecular weight excluding hydrogens is 483 g/mol. The summed E-state index contributed by atoms with van der Waals surface area (Å²) in [5.41, 5.74) is 2.23. The van der Waals surface area contributed by atoms with Crippen LogP contribution in [0, 0.1) is 11.7 Å². The molecule has 0 unspecified atom stereocenters. The average Bonchev–Trinajstić information content (AvgIpc) is 3.54. The van der Waals surface area contributed by atoms with Crippen molar-refractivity contribution in [1.82, 2.24) is 0 Å². The number of hydrogen-bond donors (Lipinski definition) is 1. The second-order valence-electron chi connectivity index (χ2n) is 9.95. The van der Waals surface area contributed by atoms with Crippen LogP contribution in [0.25, 0.3) is 11.1 Å². The molecule has 0 spiro atoms. The quantitative estimate of drug-likeness (QED) is 0.320. The van der Waals surface area contributed by atoms with E-state index in [0.717, 1.165) is 33.7 Å². The maximum Gasteiger partial charge on any atom is 0.303 e. The standard InChI is InChI=1S/C28H31FO4S.H2S/c1-28(2,3)27-24(23-13-19(32-4)10-11-25(23)29)14-21(34-27)16-33-20-7-5-6-18(12-20)22(15-26(30)31)17-8-9-17;/h5-7,10-14,17,22H,8-9,15-16H2,1-4H3,(H,30,31);1H2/t22-;/m0./s1. The van der Waals surface area contributed by atoms with Crippen LogP contribution in [0.5, 0.6) is 11.5 Å². The fraction of sp³-hybridized carbons (Fsp3) is 0.393. The number of aliphatic carboxylic acids is 1. The number of carbonyl (C=O) groups is 1. The number of thiophene rings is 1. The van der Waals surface area contributed by atoms with Gasteiger partial charge in [0.15, 0.2) is 0 Å². The summed E-state index contributed by atoms with van der Waals surface area (Å²) in [6, 6.07) is 14.6. The minimum atomic E-state index is -0.770. The Hall–Kier alpha value is -2.51. The third-order valence-corrected chi connectivity index (χ3v) is 7.72. The van der Waals surface area contributed by atoms with E-state index in [1.165, 1.54) is 6.07 Å². The van der Waals surface area contributed by atoms with Crippen LogP contribution >= 0.6 is 24.8 Å². The van der Waals surface area contributed by atoms with E-state index in [0.29, 0.717) is 29.6 Å². The fourth-order valence-corrected chi connectivity index (χ4v) is 5.48. The van der Waals surface area contributed by atoms with Crippen LogP contribution in [0.4, 0.5) is 4.39 Å². The van der Waals surface area contributed by atoms with Gasteiger partial charge in [-0.2, -0.15) is 13.5 Å². The Kier molecular flexibility index (Phi) is 8.54. The number of benzene rings is 2. The smallest absolute Gasteiger partial charge is 0.303 e. The predicted molar refractivity (Wildman–Crippen MR) is 144 cm³/mol.